The molecule has 0 saturated carbocycles. The number of hydrogen-bond acceptors (Lipinski definition) is 4. The summed E-state index contributed by atoms with van der Waals surface area (Å²) in [7, 11) is 0. The van der Waals surface area contributed by atoms with Crippen molar-refractivity contribution < 1.29 is 4.39 Å². The summed E-state index contributed by atoms with van der Waals surface area (Å²) >= 11 is 0. The van der Waals surface area contributed by atoms with Crippen LogP contribution in [0.3, 0.4) is 0 Å². The van der Waals surface area contributed by atoms with Gasteiger partial charge in [0.15, 0.2) is 0 Å². The van der Waals surface area contributed by atoms with Gasteiger partial charge in [-0.2, -0.15) is 0 Å². The predicted molar refractivity (Wildman–Crippen MR) is 62.2 cm³/mol. The van der Waals surface area contributed by atoms with Gasteiger partial charge in [-0.1, -0.05) is 6.07 Å². The summed E-state index contributed by atoms with van der Waals surface area (Å²) < 4.78 is 12.8. The van der Waals surface area contributed by atoms with Crippen molar-refractivity contribution in [1.82, 2.24) is 15.4 Å². The third-order valence-electron chi connectivity index (χ3n) is 2.47. The van der Waals surface area contributed by atoms with Crippen molar-refractivity contribution in [2.75, 3.05) is 0 Å². The molecule has 0 radical (unpaired) electrons. The molecule has 88 valence electrons. The van der Waals surface area contributed by atoms with Gasteiger partial charge in [0.05, 0.1) is 17.9 Å². The van der Waals surface area contributed by atoms with Crippen molar-refractivity contribution >= 4 is 0 Å². The summed E-state index contributed by atoms with van der Waals surface area (Å²) in [6.45, 7) is 0. The molecule has 0 fully saturated rings. The molecule has 0 aromatic carbocycles. The number of halogens is 1. The lowest BCUT2D eigenvalue weighted by molar-refractivity contribution is 0.532. The van der Waals surface area contributed by atoms with E-state index in [1.165, 1.54) is 12.3 Å². The third-order valence-corrected chi connectivity index (χ3v) is 2.47. The average Bonchev–Trinajstić information content (AvgIpc) is 2.38. The molecule has 0 spiro atoms. The molecular formula is C12H13FN4. The average molecular weight is 232 g/mol. The van der Waals surface area contributed by atoms with Crippen LogP contribution < -0.4 is 11.3 Å². The Kier molecular flexibility index (Phi) is 3.74. The standard InChI is InChI=1S/C12H13FN4/c13-10-3-4-11(16-8-10)12(17-14)6-9-2-1-5-15-7-9/h1-5,7-8,12,17H,6,14H2. The quantitative estimate of drug-likeness (QED) is 0.617. The SMILES string of the molecule is NNC(Cc1cccnc1)c1ccc(F)cn1. The zero-order valence-electron chi connectivity index (χ0n) is 9.18. The molecule has 0 amide bonds. The van der Waals surface area contributed by atoms with E-state index in [1.54, 1.807) is 18.5 Å². The second-order valence-electron chi connectivity index (χ2n) is 3.69. The minimum Gasteiger partial charge on any atom is -0.271 e. The first-order valence-electron chi connectivity index (χ1n) is 5.26. The Bertz CT molecular complexity index is 458. The summed E-state index contributed by atoms with van der Waals surface area (Å²) in [6.07, 6.45) is 5.32. The van der Waals surface area contributed by atoms with E-state index in [4.69, 9.17) is 5.84 Å². The molecule has 4 nitrogen and oxygen atoms in total. The van der Waals surface area contributed by atoms with E-state index in [2.05, 4.69) is 15.4 Å². The van der Waals surface area contributed by atoms with E-state index < -0.39 is 0 Å². The van der Waals surface area contributed by atoms with Gasteiger partial charge < -0.3 is 0 Å². The van der Waals surface area contributed by atoms with Crippen LogP contribution in [0.25, 0.3) is 0 Å². The number of nitrogens with zero attached hydrogens (tertiary/aromatic N) is 2. The fourth-order valence-electron chi connectivity index (χ4n) is 1.60. The van der Waals surface area contributed by atoms with Gasteiger partial charge in [-0.15, -0.1) is 0 Å². The Balaban J connectivity index is 2.14. The number of hydrogen-bond donors (Lipinski definition) is 2. The van der Waals surface area contributed by atoms with E-state index in [-0.39, 0.29) is 11.9 Å². The number of nitrogens with one attached hydrogen (secondary N) is 1. The fraction of sp³-hybridized carbons (Fsp3) is 0.167. The summed E-state index contributed by atoms with van der Waals surface area (Å²) in [4.78, 5) is 8.04. The van der Waals surface area contributed by atoms with Crippen molar-refractivity contribution in [2.45, 2.75) is 12.5 Å². The Morgan fingerprint density at radius 2 is 2.18 bits per heavy atom. The molecule has 1 unspecified atom stereocenters. The second kappa shape index (κ2) is 5.47. The first kappa shape index (κ1) is 11.6. The van der Waals surface area contributed by atoms with Crippen molar-refractivity contribution in [1.29, 1.82) is 0 Å². The topological polar surface area (TPSA) is 63.8 Å². The Morgan fingerprint density at radius 3 is 2.76 bits per heavy atom. The van der Waals surface area contributed by atoms with Crippen LogP contribution in [0.4, 0.5) is 4.39 Å². The molecule has 0 saturated heterocycles. The molecule has 3 N–H and O–H groups in total. The minimum absolute atomic E-state index is 0.153. The first-order valence-corrected chi connectivity index (χ1v) is 5.26. The number of hydrazine groups is 1. The molecule has 0 bridgehead atoms. The highest BCUT2D eigenvalue weighted by Gasteiger charge is 2.11. The Hall–Kier alpha value is -1.85. The lowest BCUT2D eigenvalue weighted by atomic mass is 10.1. The van der Waals surface area contributed by atoms with Crippen LogP contribution in [0.15, 0.2) is 42.9 Å². The zero-order valence-corrected chi connectivity index (χ0v) is 9.18. The molecule has 0 aliphatic heterocycles. The summed E-state index contributed by atoms with van der Waals surface area (Å²) in [5.74, 6) is 5.13. The van der Waals surface area contributed by atoms with Crippen LogP contribution in [0.5, 0.6) is 0 Å². The lowest BCUT2D eigenvalue weighted by Gasteiger charge is -2.14. The molecular weight excluding hydrogens is 219 g/mol. The molecule has 5 heteroatoms. The normalized spacial score (nSPS) is 12.4. The highest BCUT2D eigenvalue weighted by atomic mass is 19.1. The fourth-order valence-corrected chi connectivity index (χ4v) is 1.60. The van der Waals surface area contributed by atoms with Crippen LogP contribution in [-0.4, -0.2) is 9.97 Å². The van der Waals surface area contributed by atoms with E-state index in [0.29, 0.717) is 12.1 Å². The van der Waals surface area contributed by atoms with E-state index >= 15 is 0 Å². The number of aromatic nitrogens is 2. The van der Waals surface area contributed by atoms with Crippen LogP contribution in [0.1, 0.15) is 17.3 Å². The summed E-state index contributed by atoms with van der Waals surface area (Å²) in [6, 6.07) is 6.66. The number of nitrogens with two attached hydrogens (primary N) is 1. The highest BCUT2D eigenvalue weighted by molar-refractivity contribution is 5.16. The van der Waals surface area contributed by atoms with Crippen molar-refractivity contribution in [3.05, 3.63) is 59.9 Å². The van der Waals surface area contributed by atoms with Crippen molar-refractivity contribution in [3.8, 4) is 0 Å². The van der Waals surface area contributed by atoms with Crippen molar-refractivity contribution in [3.63, 3.8) is 0 Å². The van der Waals surface area contributed by atoms with Gasteiger partial charge in [0.2, 0.25) is 0 Å². The van der Waals surface area contributed by atoms with Crippen LogP contribution in [0, 0.1) is 5.82 Å². The predicted octanol–water partition coefficient (Wildman–Crippen LogP) is 1.36. The maximum absolute atomic E-state index is 12.8. The molecule has 0 aliphatic rings. The van der Waals surface area contributed by atoms with Gasteiger partial charge in [-0.05, 0) is 30.2 Å². The maximum atomic E-state index is 12.8. The zero-order chi connectivity index (χ0) is 12.1. The Labute approximate surface area is 98.7 Å². The summed E-state index contributed by atoms with van der Waals surface area (Å²) in [5.41, 5.74) is 4.42. The number of rotatable bonds is 4. The molecule has 2 rings (SSSR count). The lowest BCUT2D eigenvalue weighted by Crippen LogP contribution is -2.30. The van der Waals surface area contributed by atoms with Crippen LogP contribution in [-0.2, 0) is 6.42 Å². The third kappa shape index (κ3) is 3.05. The largest absolute Gasteiger partial charge is 0.271 e. The van der Waals surface area contributed by atoms with Gasteiger partial charge in [0.1, 0.15) is 5.82 Å². The highest BCUT2D eigenvalue weighted by Crippen LogP contribution is 2.15. The molecule has 2 aromatic rings. The first-order chi connectivity index (χ1) is 8.29. The van der Waals surface area contributed by atoms with Gasteiger partial charge in [-0.3, -0.25) is 21.2 Å². The minimum atomic E-state index is -0.356. The van der Waals surface area contributed by atoms with E-state index in [9.17, 15) is 4.39 Å². The summed E-state index contributed by atoms with van der Waals surface area (Å²) in [5, 5.41) is 0. The molecule has 17 heavy (non-hydrogen) atoms. The molecule has 2 heterocycles. The van der Waals surface area contributed by atoms with Gasteiger partial charge in [0, 0.05) is 12.4 Å². The van der Waals surface area contributed by atoms with Gasteiger partial charge >= 0.3 is 0 Å². The van der Waals surface area contributed by atoms with E-state index in [1.807, 2.05) is 12.1 Å². The van der Waals surface area contributed by atoms with Crippen molar-refractivity contribution in [2.24, 2.45) is 5.84 Å². The monoisotopic (exact) mass is 232 g/mol. The molecule has 2 aromatic heterocycles. The van der Waals surface area contributed by atoms with Gasteiger partial charge in [0.25, 0.3) is 0 Å². The Morgan fingerprint density at radius 1 is 1.29 bits per heavy atom. The van der Waals surface area contributed by atoms with Crippen LogP contribution >= 0.6 is 0 Å². The number of pyridine rings is 2. The van der Waals surface area contributed by atoms with Crippen LogP contribution in [0.2, 0.25) is 0 Å². The maximum Gasteiger partial charge on any atom is 0.141 e. The molecule has 0 aliphatic carbocycles. The second-order valence-corrected chi connectivity index (χ2v) is 3.69. The van der Waals surface area contributed by atoms with E-state index in [0.717, 1.165) is 5.56 Å². The smallest absolute Gasteiger partial charge is 0.141 e. The molecule has 1 atom stereocenters. The van der Waals surface area contributed by atoms with Gasteiger partial charge in [-0.25, -0.2) is 4.39 Å².